The number of rotatable bonds is 2. The number of nitrogens with zero attached hydrogens (tertiary/aromatic N) is 1. The van der Waals surface area contributed by atoms with Gasteiger partial charge in [-0.25, -0.2) is 8.42 Å². The first-order chi connectivity index (χ1) is 7.60. The first-order valence-electron chi connectivity index (χ1n) is 6.18. The van der Waals surface area contributed by atoms with E-state index in [4.69, 9.17) is 5.26 Å². The van der Waals surface area contributed by atoms with Crippen LogP contribution in [0.15, 0.2) is 0 Å². The monoisotopic (exact) mass is 239 g/mol. The average Bonchev–Trinajstić information content (AvgIpc) is 2.14. The maximum atomic E-state index is 12.1. The first-order valence-corrected chi connectivity index (χ1v) is 7.90. The molecule has 88 valence electrons. The van der Waals surface area contributed by atoms with Gasteiger partial charge in [0.25, 0.3) is 0 Å². The Kier molecular flexibility index (Phi) is 2.29. The largest absolute Gasteiger partial charge is 0.227 e. The van der Waals surface area contributed by atoms with Crippen LogP contribution in [0.25, 0.3) is 0 Å². The van der Waals surface area contributed by atoms with Gasteiger partial charge < -0.3 is 0 Å². The molecule has 4 aliphatic rings. The van der Waals surface area contributed by atoms with E-state index in [1.54, 1.807) is 0 Å². The minimum Gasteiger partial charge on any atom is -0.227 e. The lowest BCUT2D eigenvalue weighted by atomic mass is 9.56. The highest BCUT2D eigenvalue weighted by Crippen LogP contribution is 2.55. The maximum absolute atomic E-state index is 12.1. The van der Waals surface area contributed by atoms with Gasteiger partial charge >= 0.3 is 0 Å². The Balaban J connectivity index is 1.90. The van der Waals surface area contributed by atoms with Crippen LogP contribution in [0, 0.1) is 35.0 Å². The van der Waals surface area contributed by atoms with Crippen LogP contribution in [0.1, 0.15) is 32.1 Å². The molecule has 0 radical (unpaired) electrons. The van der Waals surface area contributed by atoms with Crippen LogP contribution in [0.5, 0.6) is 0 Å². The zero-order chi connectivity index (χ0) is 11.3. The molecule has 0 unspecified atom stereocenters. The molecule has 3 nitrogen and oxygen atoms in total. The van der Waals surface area contributed by atoms with Gasteiger partial charge in [0.2, 0.25) is 0 Å². The lowest BCUT2D eigenvalue weighted by Crippen LogP contribution is -2.51. The smallest absolute Gasteiger partial charge is 0.167 e. The molecule has 4 bridgehead atoms. The standard InChI is InChI=1S/C12H17NO2S/c13-1-2-16(14,15)12-10-4-8-3-9(6-10)7-11(12)5-8/h8-12H,2-7H2. The predicted molar refractivity (Wildman–Crippen MR) is 60.2 cm³/mol. The summed E-state index contributed by atoms with van der Waals surface area (Å²) in [5, 5.41) is 8.45. The maximum Gasteiger partial charge on any atom is 0.167 e. The third kappa shape index (κ3) is 1.48. The molecule has 16 heavy (non-hydrogen) atoms. The summed E-state index contributed by atoms with van der Waals surface area (Å²) in [6, 6.07) is 1.83. The van der Waals surface area contributed by atoms with E-state index in [2.05, 4.69) is 0 Å². The minimum absolute atomic E-state index is 0.181. The van der Waals surface area contributed by atoms with Gasteiger partial charge in [-0.3, -0.25) is 0 Å². The first kappa shape index (κ1) is 10.6. The molecule has 0 aromatic heterocycles. The molecular formula is C12H17NO2S. The van der Waals surface area contributed by atoms with E-state index in [1.807, 2.05) is 6.07 Å². The zero-order valence-electron chi connectivity index (χ0n) is 9.30. The Morgan fingerprint density at radius 1 is 1.00 bits per heavy atom. The Morgan fingerprint density at radius 3 is 1.94 bits per heavy atom. The lowest BCUT2D eigenvalue weighted by Gasteiger charge is -2.53. The molecule has 0 atom stereocenters. The second-order valence-corrected chi connectivity index (χ2v) is 8.02. The number of sulfone groups is 1. The third-order valence-corrected chi connectivity index (χ3v) is 6.95. The summed E-state index contributed by atoms with van der Waals surface area (Å²) in [5.41, 5.74) is 0. The summed E-state index contributed by atoms with van der Waals surface area (Å²) in [7, 11) is -3.16. The van der Waals surface area contributed by atoms with E-state index >= 15 is 0 Å². The van der Waals surface area contributed by atoms with E-state index < -0.39 is 9.84 Å². The number of hydrogen-bond acceptors (Lipinski definition) is 3. The Labute approximate surface area is 96.8 Å². The average molecular weight is 239 g/mol. The molecule has 0 saturated heterocycles. The van der Waals surface area contributed by atoms with E-state index in [0.717, 1.165) is 37.5 Å². The van der Waals surface area contributed by atoms with Gasteiger partial charge in [0, 0.05) is 0 Å². The Hall–Kier alpha value is -0.560. The van der Waals surface area contributed by atoms with Crippen molar-refractivity contribution < 1.29 is 8.42 Å². The van der Waals surface area contributed by atoms with Crippen molar-refractivity contribution >= 4 is 9.84 Å². The van der Waals surface area contributed by atoms with Gasteiger partial charge in [0.1, 0.15) is 5.75 Å². The van der Waals surface area contributed by atoms with Gasteiger partial charge in [-0.15, -0.1) is 0 Å². The normalized spacial score (nSPS) is 45.6. The van der Waals surface area contributed by atoms with Gasteiger partial charge in [-0.05, 0) is 55.8 Å². The molecule has 4 aliphatic carbocycles. The Morgan fingerprint density at radius 2 is 1.50 bits per heavy atom. The minimum atomic E-state index is -3.16. The molecule has 4 rings (SSSR count). The molecule has 0 spiro atoms. The molecule has 4 fully saturated rings. The van der Waals surface area contributed by atoms with Crippen LogP contribution in [-0.2, 0) is 9.84 Å². The molecule has 0 aliphatic heterocycles. The summed E-state index contributed by atoms with van der Waals surface area (Å²) >= 11 is 0. The molecule has 0 N–H and O–H groups in total. The fourth-order valence-corrected chi connectivity index (χ4v) is 6.64. The predicted octanol–water partition coefficient (Wildman–Crippen LogP) is 1.75. The molecule has 0 aromatic carbocycles. The van der Waals surface area contributed by atoms with Crippen molar-refractivity contribution in [2.75, 3.05) is 5.75 Å². The van der Waals surface area contributed by atoms with Crippen molar-refractivity contribution in [2.24, 2.45) is 23.7 Å². The molecule has 4 heteroatoms. The SMILES string of the molecule is N#CCS(=O)(=O)C1C2CC3CC(C2)CC1C3. The summed E-state index contributed by atoms with van der Waals surface area (Å²) in [4.78, 5) is 0. The number of hydrogen-bond donors (Lipinski definition) is 0. The van der Waals surface area contributed by atoms with Crippen molar-refractivity contribution in [1.29, 1.82) is 5.26 Å². The second kappa shape index (κ2) is 3.46. The van der Waals surface area contributed by atoms with E-state index in [0.29, 0.717) is 11.8 Å². The number of nitriles is 1. The van der Waals surface area contributed by atoms with E-state index in [9.17, 15) is 8.42 Å². The fourth-order valence-electron chi connectivity index (χ4n) is 4.65. The van der Waals surface area contributed by atoms with Crippen LogP contribution < -0.4 is 0 Å². The van der Waals surface area contributed by atoms with Crippen LogP contribution in [0.3, 0.4) is 0 Å². The molecule has 0 heterocycles. The van der Waals surface area contributed by atoms with Crippen molar-refractivity contribution in [3.8, 4) is 6.07 Å². The highest BCUT2D eigenvalue weighted by Gasteiger charge is 2.52. The fraction of sp³-hybridized carbons (Fsp3) is 0.917. The van der Waals surface area contributed by atoms with Gasteiger partial charge in [-0.2, -0.15) is 5.26 Å². The van der Waals surface area contributed by atoms with E-state index in [1.165, 1.54) is 6.42 Å². The van der Waals surface area contributed by atoms with Crippen molar-refractivity contribution in [3.63, 3.8) is 0 Å². The quantitative estimate of drug-likeness (QED) is 0.737. The van der Waals surface area contributed by atoms with Gasteiger partial charge in [0.05, 0.1) is 11.3 Å². The summed E-state index contributed by atoms with van der Waals surface area (Å²) in [6.45, 7) is 0. The van der Waals surface area contributed by atoms with Crippen LogP contribution in [-0.4, -0.2) is 19.4 Å². The molecule has 4 saturated carbocycles. The highest BCUT2D eigenvalue weighted by atomic mass is 32.2. The molecular weight excluding hydrogens is 222 g/mol. The molecule has 0 aromatic rings. The third-order valence-electron chi connectivity index (χ3n) is 4.82. The Bertz CT molecular complexity index is 406. The summed E-state index contributed by atoms with van der Waals surface area (Å²) in [6.07, 6.45) is 5.73. The second-order valence-electron chi connectivity index (χ2n) is 5.86. The topological polar surface area (TPSA) is 57.9 Å². The van der Waals surface area contributed by atoms with Crippen molar-refractivity contribution in [3.05, 3.63) is 0 Å². The summed E-state index contributed by atoms with van der Waals surface area (Å²) < 4.78 is 24.2. The highest BCUT2D eigenvalue weighted by molar-refractivity contribution is 7.92. The molecule has 0 amide bonds. The van der Waals surface area contributed by atoms with Crippen molar-refractivity contribution in [2.45, 2.75) is 37.4 Å². The van der Waals surface area contributed by atoms with Crippen LogP contribution >= 0.6 is 0 Å². The van der Waals surface area contributed by atoms with Crippen molar-refractivity contribution in [1.82, 2.24) is 0 Å². The zero-order valence-corrected chi connectivity index (χ0v) is 10.1. The van der Waals surface area contributed by atoms with Crippen LogP contribution in [0.4, 0.5) is 0 Å². The van der Waals surface area contributed by atoms with E-state index in [-0.39, 0.29) is 11.0 Å². The summed E-state index contributed by atoms with van der Waals surface area (Å²) in [5.74, 6) is 2.04. The van der Waals surface area contributed by atoms with Crippen LogP contribution in [0.2, 0.25) is 0 Å². The van der Waals surface area contributed by atoms with Gasteiger partial charge in [-0.1, -0.05) is 0 Å². The lowest BCUT2D eigenvalue weighted by molar-refractivity contribution is 0.0239. The van der Waals surface area contributed by atoms with Gasteiger partial charge in [0.15, 0.2) is 9.84 Å².